The second-order valence-electron chi connectivity index (χ2n) is 8.65. The van der Waals surface area contributed by atoms with Crippen LogP contribution in [0, 0.1) is 0 Å². The summed E-state index contributed by atoms with van der Waals surface area (Å²) in [7, 11) is 0. The second kappa shape index (κ2) is 19.7. The molecule has 0 aliphatic heterocycles. The average Bonchev–Trinajstić information content (AvgIpc) is 2.78. The van der Waals surface area contributed by atoms with Crippen molar-refractivity contribution < 1.29 is 19.1 Å². The van der Waals surface area contributed by atoms with E-state index in [0.717, 1.165) is 18.1 Å². The van der Waals surface area contributed by atoms with Crippen molar-refractivity contribution >= 4 is 29.3 Å². The van der Waals surface area contributed by atoms with E-state index in [1.807, 2.05) is 24.3 Å². The van der Waals surface area contributed by atoms with E-state index in [-0.39, 0.29) is 11.9 Å². The van der Waals surface area contributed by atoms with Crippen molar-refractivity contribution in [1.29, 1.82) is 0 Å². The number of ether oxygens (including phenoxy) is 2. The van der Waals surface area contributed by atoms with Crippen LogP contribution < -0.4 is 10.1 Å². The fourth-order valence-corrected chi connectivity index (χ4v) is 4.33. The molecule has 0 saturated heterocycles. The van der Waals surface area contributed by atoms with Gasteiger partial charge in [0.15, 0.2) is 0 Å². The van der Waals surface area contributed by atoms with E-state index in [0.29, 0.717) is 43.9 Å². The maximum absolute atomic E-state index is 12.3. The summed E-state index contributed by atoms with van der Waals surface area (Å²) in [4.78, 5) is 23.7. The molecule has 1 aromatic rings. The Kier molecular flexibility index (Phi) is 17.6. The number of esters is 1. The van der Waals surface area contributed by atoms with Crippen molar-refractivity contribution in [3.05, 3.63) is 24.3 Å². The van der Waals surface area contributed by atoms with Gasteiger partial charge in [0.05, 0.1) is 18.9 Å². The quantitative estimate of drug-likeness (QED) is 0.156. The minimum Gasteiger partial charge on any atom is -0.491 e. The topological polar surface area (TPSA) is 64.6 Å². The minimum atomic E-state index is -0.209. The van der Waals surface area contributed by atoms with Gasteiger partial charge in [-0.1, -0.05) is 70.9 Å². The third-order valence-corrected chi connectivity index (χ3v) is 6.44. The van der Waals surface area contributed by atoms with Crippen LogP contribution in [0.15, 0.2) is 24.3 Å². The number of benzene rings is 1. The number of carbonyl (C=O) groups is 2. The van der Waals surface area contributed by atoms with E-state index in [1.165, 1.54) is 50.7 Å². The van der Waals surface area contributed by atoms with Crippen LogP contribution in [0.25, 0.3) is 0 Å². The Labute approximate surface area is 205 Å². The fourth-order valence-electron chi connectivity index (χ4n) is 3.48. The van der Waals surface area contributed by atoms with Crippen LogP contribution in [0.5, 0.6) is 5.75 Å². The summed E-state index contributed by atoms with van der Waals surface area (Å²) in [6.45, 7) is 7.13. The number of hydrogen-bond donors (Lipinski definition) is 1. The molecule has 0 aliphatic carbocycles. The molecule has 0 bridgehead atoms. The minimum absolute atomic E-state index is 0.0249. The summed E-state index contributed by atoms with van der Waals surface area (Å²) in [5.41, 5.74) is 0.686. The first-order valence-electron chi connectivity index (χ1n) is 12.8. The summed E-state index contributed by atoms with van der Waals surface area (Å²) in [5, 5.41) is 3.72. The van der Waals surface area contributed by atoms with Gasteiger partial charge in [-0.2, -0.15) is 11.8 Å². The largest absolute Gasteiger partial charge is 0.491 e. The van der Waals surface area contributed by atoms with Gasteiger partial charge in [-0.25, -0.2) is 0 Å². The standard InChI is InChI=1S/C27H45NO4S/c1-4-31-27(30)20-16-21-32-25-18-14-13-17-24(25)28-26(29)19-12-10-8-6-5-7-9-11-15-22-33-23(2)3/h13-14,17-18,23H,4-12,15-16,19-22H2,1-3H3,(H,28,29). The van der Waals surface area contributed by atoms with Crippen molar-refractivity contribution in [1.82, 2.24) is 0 Å². The summed E-state index contributed by atoms with van der Waals surface area (Å²) >= 11 is 2.06. The van der Waals surface area contributed by atoms with Crippen LogP contribution >= 0.6 is 11.8 Å². The van der Waals surface area contributed by atoms with E-state index in [1.54, 1.807) is 6.92 Å². The zero-order valence-electron chi connectivity index (χ0n) is 21.0. The molecule has 0 heterocycles. The molecule has 0 radical (unpaired) electrons. The summed E-state index contributed by atoms with van der Waals surface area (Å²) in [6.07, 6.45) is 12.6. The van der Waals surface area contributed by atoms with E-state index >= 15 is 0 Å². The molecular formula is C27H45NO4S. The highest BCUT2D eigenvalue weighted by molar-refractivity contribution is 7.99. The molecule has 0 fully saturated rings. The first-order chi connectivity index (χ1) is 16.0. The van der Waals surface area contributed by atoms with Gasteiger partial charge < -0.3 is 14.8 Å². The van der Waals surface area contributed by atoms with Gasteiger partial charge in [-0.15, -0.1) is 0 Å². The highest BCUT2D eigenvalue weighted by Crippen LogP contribution is 2.24. The number of rotatable bonds is 20. The van der Waals surface area contributed by atoms with E-state index < -0.39 is 0 Å². The van der Waals surface area contributed by atoms with Gasteiger partial charge in [-0.3, -0.25) is 9.59 Å². The molecule has 1 N–H and O–H groups in total. The van der Waals surface area contributed by atoms with Gasteiger partial charge in [0, 0.05) is 12.8 Å². The molecule has 0 spiro atoms. The first kappa shape index (κ1) is 29.3. The van der Waals surface area contributed by atoms with Crippen molar-refractivity contribution in [2.24, 2.45) is 0 Å². The number of anilines is 1. The van der Waals surface area contributed by atoms with Gasteiger partial charge in [0.25, 0.3) is 0 Å². The molecule has 5 nitrogen and oxygen atoms in total. The third-order valence-electron chi connectivity index (χ3n) is 5.25. The maximum Gasteiger partial charge on any atom is 0.305 e. The second-order valence-corrected chi connectivity index (χ2v) is 10.3. The highest BCUT2D eigenvalue weighted by atomic mass is 32.2. The number of hydrogen-bond acceptors (Lipinski definition) is 5. The monoisotopic (exact) mass is 479 g/mol. The highest BCUT2D eigenvalue weighted by Gasteiger charge is 2.08. The van der Waals surface area contributed by atoms with E-state index in [2.05, 4.69) is 30.9 Å². The Balaban J connectivity index is 2.09. The van der Waals surface area contributed by atoms with E-state index in [4.69, 9.17) is 9.47 Å². The molecule has 0 aromatic heterocycles. The molecule has 1 rings (SSSR count). The van der Waals surface area contributed by atoms with Gasteiger partial charge in [0.2, 0.25) is 5.91 Å². The van der Waals surface area contributed by atoms with Crippen LogP contribution in [0.3, 0.4) is 0 Å². The number of carbonyl (C=O) groups excluding carboxylic acids is 2. The molecule has 188 valence electrons. The maximum atomic E-state index is 12.3. The first-order valence-corrected chi connectivity index (χ1v) is 13.9. The van der Waals surface area contributed by atoms with Crippen molar-refractivity contribution in [3.8, 4) is 5.75 Å². The lowest BCUT2D eigenvalue weighted by atomic mass is 10.1. The predicted octanol–water partition coefficient (Wildman–Crippen LogP) is 7.39. The Hall–Kier alpha value is -1.69. The molecule has 1 amide bonds. The number of para-hydroxylation sites is 2. The van der Waals surface area contributed by atoms with Gasteiger partial charge in [0.1, 0.15) is 5.75 Å². The molecule has 6 heteroatoms. The number of amides is 1. The third kappa shape index (κ3) is 16.6. The van der Waals surface area contributed by atoms with Crippen LogP contribution in [0.4, 0.5) is 5.69 Å². The lowest BCUT2D eigenvalue weighted by Gasteiger charge is -2.12. The molecule has 0 aliphatic rings. The zero-order chi connectivity index (χ0) is 24.2. The lowest BCUT2D eigenvalue weighted by molar-refractivity contribution is -0.143. The van der Waals surface area contributed by atoms with Crippen LogP contribution in [0.2, 0.25) is 0 Å². The van der Waals surface area contributed by atoms with Crippen molar-refractivity contribution in [3.63, 3.8) is 0 Å². The Morgan fingerprint density at radius 3 is 2.18 bits per heavy atom. The number of thioether (sulfide) groups is 1. The fraction of sp³-hybridized carbons (Fsp3) is 0.704. The SMILES string of the molecule is CCOC(=O)CCCOc1ccccc1NC(=O)CCCCCCCCCCCSC(C)C. The van der Waals surface area contributed by atoms with Gasteiger partial charge in [-0.05, 0) is 49.3 Å². The Bertz CT molecular complexity index is 651. The Morgan fingerprint density at radius 2 is 1.52 bits per heavy atom. The van der Waals surface area contributed by atoms with E-state index in [9.17, 15) is 9.59 Å². The summed E-state index contributed by atoms with van der Waals surface area (Å²) < 4.78 is 10.7. The average molecular weight is 480 g/mol. The normalized spacial score (nSPS) is 10.9. The van der Waals surface area contributed by atoms with Crippen molar-refractivity contribution in [2.75, 3.05) is 24.3 Å². The Morgan fingerprint density at radius 1 is 0.879 bits per heavy atom. The predicted molar refractivity (Wildman–Crippen MR) is 140 cm³/mol. The molecule has 0 saturated carbocycles. The molecule has 33 heavy (non-hydrogen) atoms. The van der Waals surface area contributed by atoms with Crippen LogP contribution in [0.1, 0.15) is 97.8 Å². The van der Waals surface area contributed by atoms with Crippen molar-refractivity contribution in [2.45, 2.75) is 103 Å². The van der Waals surface area contributed by atoms with Crippen LogP contribution in [-0.4, -0.2) is 36.1 Å². The number of unbranched alkanes of at least 4 members (excludes halogenated alkanes) is 8. The number of nitrogens with one attached hydrogen (secondary N) is 1. The molecular weight excluding hydrogens is 434 g/mol. The molecule has 1 aromatic carbocycles. The zero-order valence-corrected chi connectivity index (χ0v) is 21.9. The molecule has 0 unspecified atom stereocenters. The lowest BCUT2D eigenvalue weighted by Crippen LogP contribution is -2.13. The smallest absolute Gasteiger partial charge is 0.305 e. The molecule has 0 atom stereocenters. The van der Waals surface area contributed by atoms with Crippen LogP contribution in [-0.2, 0) is 14.3 Å². The summed E-state index contributed by atoms with van der Waals surface area (Å²) in [6, 6.07) is 7.44. The van der Waals surface area contributed by atoms with Gasteiger partial charge >= 0.3 is 5.97 Å². The summed E-state index contributed by atoms with van der Waals surface area (Å²) in [5.74, 6) is 1.75.